The van der Waals surface area contributed by atoms with Gasteiger partial charge in [-0.25, -0.2) is 18.0 Å². The van der Waals surface area contributed by atoms with Crippen molar-refractivity contribution in [3.8, 4) is 0 Å². The molecule has 0 aliphatic rings. The minimum absolute atomic E-state index is 0.506. The van der Waals surface area contributed by atoms with Crippen LogP contribution in [-0.2, 0) is 4.74 Å². The summed E-state index contributed by atoms with van der Waals surface area (Å²) < 4.78 is 117. The molecule has 0 heterocycles. The third-order valence-corrected chi connectivity index (χ3v) is 2.60. The van der Waals surface area contributed by atoms with E-state index in [2.05, 4.69) is 4.74 Å². The molecule has 0 aliphatic carbocycles. The van der Waals surface area contributed by atoms with Gasteiger partial charge in [0.1, 0.15) is 5.82 Å². The first kappa shape index (κ1) is 19.1. The number of benzene rings is 1. The maximum Gasteiger partial charge on any atom is 0.381 e. The van der Waals surface area contributed by atoms with E-state index >= 15 is 0 Å². The van der Waals surface area contributed by atoms with E-state index in [-0.39, 0.29) is 0 Å². The van der Waals surface area contributed by atoms with Crippen molar-refractivity contribution < 1.29 is 49.0 Å². The molecule has 0 radical (unpaired) electrons. The van der Waals surface area contributed by atoms with Gasteiger partial charge in [-0.3, -0.25) is 0 Å². The lowest BCUT2D eigenvalue weighted by molar-refractivity contribution is -0.343. The fourth-order valence-electron chi connectivity index (χ4n) is 1.33. The van der Waals surface area contributed by atoms with Crippen molar-refractivity contribution in [2.75, 3.05) is 6.61 Å². The SMILES string of the molecule is O=C(OCC(F)(F)C(F)(F)C(F)(F)C(F)F)c1cccc(F)c1. The Kier molecular flexibility index (Phi) is 5.22. The van der Waals surface area contributed by atoms with Crippen LogP contribution in [0.1, 0.15) is 10.4 Å². The van der Waals surface area contributed by atoms with Crippen LogP contribution in [0.3, 0.4) is 0 Å². The van der Waals surface area contributed by atoms with Crippen LogP contribution in [0.2, 0.25) is 0 Å². The number of rotatable bonds is 6. The van der Waals surface area contributed by atoms with Crippen molar-refractivity contribution in [3.05, 3.63) is 35.6 Å². The molecular formula is C12H7F9O2. The predicted octanol–water partition coefficient (Wildman–Crippen LogP) is 4.15. The van der Waals surface area contributed by atoms with Crippen molar-refractivity contribution >= 4 is 5.97 Å². The van der Waals surface area contributed by atoms with Crippen LogP contribution in [-0.4, -0.2) is 36.8 Å². The van der Waals surface area contributed by atoms with Gasteiger partial charge in [-0.2, -0.15) is 26.3 Å². The van der Waals surface area contributed by atoms with Gasteiger partial charge in [0.2, 0.25) is 0 Å². The fourth-order valence-corrected chi connectivity index (χ4v) is 1.33. The number of halogens is 9. The highest BCUT2D eigenvalue weighted by molar-refractivity contribution is 5.89. The van der Waals surface area contributed by atoms with Gasteiger partial charge in [-0.1, -0.05) is 6.07 Å². The first-order valence-electron chi connectivity index (χ1n) is 5.67. The summed E-state index contributed by atoms with van der Waals surface area (Å²) in [5.74, 6) is -21.3. The van der Waals surface area contributed by atoms with E-state index < -0.39 is 48.1 Å². The number of ether oxygens (including phenoxy) is 1. The van der Waals surface area contributed by atoms with Crippen LogP contribution >= 0.6 is 0 Å². The molecule has 0 aliphatic heterocycles. The van der Waals surface area contributed by atoms with Gasteiger partial charge in [0.25, 0.3) is 0 Å². The summed E-state index contributed by atoms with van der Waals surface area (Å²) >= 11 is 0. The maximum absolute atomic E-state index is 13.1. The minimum Gasteiger partial charge on any atom is -0.455 e. The molecule has 11 heteroatoms. The number of hydrogen-bond donors (Lipinski definition) is 0. The highest BCUT2D eigenvalue weighted by Crippen LogP contribution is 2.48. The summed E-state index contributed by atoms with van der Waals surface area (Å²) in [4.78, 5) is 11.3. The zero-order valence-corrected chi connectivity index (χ0v) is 10.8. The van der Waals surface area contributed by atoms with Crippen molar-refractivity contribution in [2.24, 2.45) is 0 Å². The Morgan fingerprint density at radius 3 is 2.13 bits per heavy atom. The molecule has 1 rings (SSSR count). The van der Waals surface area contributed by atoms with Crippen molar-refractivity contribution in [2.45, 2.75) is 24.2 Å². The molecule has 0 saturated heterocycles. The summed E-state index contributed by atoms with van der Waals surface area (Å²) in [6.07, 6.45) is -5.07. The Labute approximate surface area is 122 Å². The Morgan fingerprint density at radius 2 is 1.65 bits per heavy atom. The number of esters is 1. The first-order valence-corrected chi connectivity index (χ1v) is 5.67. The van der Waals surface area contributed by atoms with Crippen LogP contribution in [0, 0.1) is 5.82 Å². The number of carbonyl (C=O) groups is 1. The van der Waals surface area contributed by atoms with Gasteiger partial charge >= 0.3 is 30.2 Å². The van der Waals surface area contributed by atoms with E-state index in [1.165, 1.54) is 0 Å². The Hall–Kier alpha value is -1.94. The lowest BCUT2D eigenvalue weighted by Gasteiger charge is -2.31. The summed E-state index contributed by atoms with van der Waals surface area (Å²) in [5.41, 5.74) is -0.662. The van der Waals surface area contributed by atoms with Crippen molar-refractivity contribution in [1.82, 2.24) is 0 Å². The second-order valence-electron chi connectivity index (χ2n) is 4.29. The molecule has 0 N–H and O–H groups in total. The molecule has 0 aromatic heterocycles. The van der Waals surface area contributed by atoms with Gasteiger partial charge < -0.3 is 4.74 Å². The molecule has 0 spiro atoms. The quantitative estimate of drug-likeness (QED) is 0.567. The van der Waals surface area contributed by atoms with Crippen molar-refractivity contribution in [1.29, 1.82) is 0 Å². The topological polar surface area (TPSA) is 26.3 Å². The maximum atomic E-state index is 13.1. The lowest BCUT2D eigenvalue weighted by Crippen LogP contribution is -2.59. The van der Waals surface area contributed by atoms with E-state index in [0.29, 0.717) is 6.07 Å². The molecule has 130 valence electrons. The third-order valence-electron chi connectivity index (χ3n) is 2.60. The van der Waals surface area contributed by atoms with Crippen LogP contribution in [0.5, 0.6) is 0 Å². The predicted molar refractivity (Wildman–Crippen MR) is 57.5 cm³/mol. The van der Waals surface area contributed by atoms with Crippen LogP contribution < -0.4 is 0 Å². The number of alkyl halides is 8. The summed E-state index contributed by atoms with van der Waals surface area (Å²) in [7, 11) is 0. The highest BCUT2D eigenvalue weighted by Gasteiger charge is 2.75. The molecular weight excluding hydrogens is 347 g/mol. The van der Waals surface area contributed by atoms with Gasteiger partial charge in [-0.15, -0.1) is 0 Å². The largest absolute Gasteiger partial charge is 0.455 e. The Morgan fingerprint density at radius 1 is 1.09 bits per heavy atom. The molecule has 23 heavy (non-hydrogen) atoms. The fraction of sp³-hybridized carbons (Fsp3) is 0.417. The Balaban J connectivity index is 2.88. The highest BCUT2D eigenvalue weighted by atomic mass is 19.4. The Bertz CT molecular complexity index is 571. The summed E-state index contributed by atoms with van der Waals surface area (Å²) in [6, 6.07) is 3.20. The molecule has 1 aromatic rings. The van der Waals surface area contributed by atoms with Crippen LogP contribution in [0.4, 0.5) is 39.5 Å². The minimum atomic E-state index is -6.48. The molecule has 0 unspecified atom stereocenters. The second kappa shape index (κ2) is 6.28. The zero-order chi connectivity index (χ0) is 18.1. The average molecular weight is 354 g/mol. The standard InChI is InChI=1S/C12H7F9O2/c13-7-3-1-2-6(4-7)8(22)23-5-10(16,17)12(20,21)11(18,19)9(14)15/h1-4,9H,5H2. The van der Waals surface area contributed by atoms with Crippen LogP contribution in [0.25, 0.3) is 0 Å². The third kappa shape index (κ3) is 3.70. The summed E-state index contributed by atoms with van der Waals surface area (Å²) in [6.45, 7) is -2.60. The molecule has 0 bridgehead atoms. The summed E-state index contributed by atoms with van der Waals surface area (Å²) in [5, 5.41) is 0. The normalized spacial score (nSPS) is 13.3. The second-order valence-corrected chi connectivity index (χ2v) is 4.29. The number of carbonyl (C=O) groups excluding carboxylic acids is 1. The molecule has 0 amide bonds. The van der Waals surface area contributed by atoms with Gasteiger partial charge in [0.15, 0.2) is 6.61 Å². The van der Waals surface area contributed by atoms with E-state index in [1.807, 2.05) is 0 Å². The number of hydrogen-bond acceptors (Lipinski definition) is 2. The molecule has 0 fully saturated rings. The van der Waals surface area contributed by atoms with Gasteiger partial charge in [-0.05, 0) is 18.2 Å². The first-order chi connectivity index (χ1) is 10.3. The van der Waals surface area contributed by atoms with E-state index in [9.17, 15) is 44.3 Å². The van der Waals surface area contributed by atoms with Crippen LogP contribution in [0.15, 0.2) is 24.3 Å². The molecule has 1 aromatic carbocycles. The van der Waals surface area contributed by atoms with E-state index in [0.717, 1.165) is 18.2 Å². The van der Waals surface area contributed by atoms with E-state index in [1.54, 1.807) is 0 Å². The average Bonchev–Trinajstić information content (AvgIpc) is 2.44. The van der Waals surface area contributed by atoms with Crippen molar-refractivity contribution in [3.63, 3.8) is 0 Å². The van der Waals surface area contributed by atoms with Gasteiger partial charge in [0, 0.05) is 0 Å². The lowest BCUT2D eigenvalue weighted by atomic mass is 10.1. The monoisotopic (exact) mass is 354 g/mol. The van der Waals surface area contributed by atoms with Gasteiger partial charge in [0.05, 0.1) is 5.56 Å². The molecule has 0 saturated carbocycles. The smallest absolute Gasteiger partial charge is 0.381 e. The molecule has 0 atom stereocenters. The molecule has 2 nitrogen and oxygen atoms in total. The zero-order valence-electron chi connectivity index (χ0n) is 10.8. The van der Waals surface area contributed by atoms with E-state index in [4.69, 9.17) is 0 Å².